The van der Waals surface area contributed by atoms with E-state index in [1.165, 1.54) is 51.6 Å². The van der Waals surface area contributed by atoms with Crippen LogP contribution >= 0.6 is 0 Å². The molecule has 104 valence electrons. The van der Waals surface area contributed by atoms with E-state index < -0.39 is 0 Å². The largest absolute Gasteiger partial charge is 0.461 e. The predicted octanol–water partition coefficient (Wildman–Crippen LogP) is 2.98. The van der Waals surface area contributed by atoms with Crippen molar-refractivity contribution >= 4 is 5.97 Å². The number of unbranched alkanes of at least 4 members (excludes halogenated alkanes) is 4. The van der Waals surface area contributed by atoms with Crippen LogP contribution in [0, 0.1) is 5.92 Å². The number of hydrogen-bond donors (Lipinski definition) is 0. The molecule has 0 spiro atoms. The van der Waals surface area contributed by atoms with Crippen molar-refractivity contribution in [2.45, 2.75) is 64.4 Å². The van der Waals surface area contributed by atoms with Crippen LogP contribution in [0.15, 0.2) is 0 Å². The van der Waals surface area contributed by atoms with Gasteiger partial charge >= 0.3 is 5.97 Å². The monoisotopic (exact) mass is 253 g/mol. The molecule has 3 nitrogen and oxygen atoms in total. The van der Waals surface area contributed by atoms with Gasteiger partial charge in [0.15, 0.2) is 0 Å². The second-order valence-corrected chi connectivity index (χ2v) is 5.83. The Bertz CT molecular complexity index is 259. The van der Waals surface area contributed by atoms with E-state index in [1.54, 1.807) is 0 Å². The summed E-state index contributed by atoms with van der Waals surface area (Å²) in [5, 5.41) is 0. The summed E-state index contributed by atoms with van der Waals surface area (Å²) in [6.45, 7) is 5.60. The number of piperidine rings is 3. The molecule has 1 atom stereocenters. The molecule has 0 amide bonds. The van der Waals surface area contributed by atoms with Gasteiger partial charge in [0.1, 0.15) is 6.10 Å². The maximum atomic E-state index is 11.8. The Morgan fingerprint density at radius 1 is 1.17 bits per heavy atom. The lowest BCUT2D eigenvalue weighted by Gasteiger charge is -2.43. The number of hydrogen-bond acceptors (Lipinski definition) is 3. The van der Waals surface area contributed by atoms with Crippen LogP contribution in [0.2, 0.25) is 0 Å². The van der Waals surface area contributed by atoms with Crippen LogP contribution in [0.25, 0.3) is 0 Å². The normalized spacial score (nSPS) is 30.4. The third kappa shape index (κ3) is 3.98. The highest BCUT2D eigenvalue weighted by Gasteiger charge is 2.36. The quantitative estimate of drug-likeness (QED) is 0.516. The Kier molecular flexibility index (Phi) is 5.48. The number of nitrogens with zero attached hydrogens (tertiary/aromatic N) is 1. The number of ether oxygens (including phenoxy) is 1. The summed E-state index contributed by atoms with van der Waals surface area (Å²) in [5.41, 5.74) is 0. The summed E-state index contributed by atoms with van der Waals surface area (Å²) in [5.74, 6) is 0.671. The van der Waals surface area contributed by atoms with Gasteiger partial charge in [-0.1, -0.05) is 32.6 Å². The fraction of sp³-hybridized carbons (Fsp3) is 0.933. The van der Waals surface area contributed by atoms with E-state index in [0.717, 1.165) is 13.0 Å². The zero-order valence-electron chi connectivity index (χ0n) is 11.7. The topological polar surface area (TPSA) is 29.5 Å². The molecule has 3 heterocycles. The lowest BCUT2D eigenvalue weighted by atomic mass is 9.86. The molecule has 0 unspecified atom stereocenters. The molecular formula is C15H27NO2. The van der Waals surface area contributed by atoms with Crippen LogP contribution in [0.4, 0.5) is 0 Å². The van der Waals surface area contributed by atoms with Gasteiger partial charge in [-0.25, -0.2) is 0 Å². The number of carbonyl (C=O) groups is 1. The van der Waals surface area contributed by atoms with Gasteiger partial charge in [-0.2, -0.15) is 0 Å². The Hall–Kier alpha value is -0.570. The van der Waals surface area contributed by atoms with Gasteiger partial charge < -0.3 is 4.74 Å². The van der Waals surface area contributed by atoms with Gasteiger partial charge in [0.25, 0.3) is 0 Å². The van der Waals surface area contributed by atoms with Crippen molar-refractivity contribution in [3.05, 3.63) is 0 Å². The van der Waals surface area contributed by atoms with E-state index in [1.807, 2.05) is 0 Å². The first kappa shape index (κ1) is 13.9. The van der Waals surface area contributed by atoms with Crippen LogP contribution in [-0.4, -0.2) is 36.6 Å². The lowest BCUT2D eigenvalue weighted by molar-refractivity contribution is -0.158. The third-order valence-electron chi connectivity index (χ3n) is 4.36. The first-order chi connectivity index (χ1) is 8.79. The van der Waals surface area contributed by atoms with Crippen LogP contribution in [0.3, 0.4) is 0 Å². The first-order valence-electron chi connectivity index (χ1n) is 7.71. The van der Waals surface area contributed by atoms with E-state index in [0.29, 0.717) is 12.3 Å². The summed E-state index contributed by atoms with van der Waals surface area (Å²) in [4.78, 5) is 14.2. The molecule has 2 bridgehead atoms. The maximum Gasteiger partial charge on any atom is 0.306 e. The average Bonchev–Trinajstić information content (AvgIpc) is 2.40. The minimum atomic E-state index is 0.0326. The zero-order chi connectivity index (χ0) is 12.8. The second kappa shape index (κ2) is 7.13. The van der Waals surface area contributed by atoms with Crippen LogP contribution in [-0.2, 0) is 9.53 Å². The lowest BCUT2D eigenvalue weighted by Crippen LogP contribution is -2.51. The SMILES string of the molecule is CCCCCCCC(=O)O[C@H]1CN2CCC1CC2. The molecular weight excluding hydrogens is 226 g/mol. The minimum absolute atomic E-state index is 0.0326. The van der Waals surface area contributed by atoms with Gasteiger partial charge in [0.05, 0.1) is 0 Å². The second-order valence-electron chi connectivity index (χ2n) is 5.83. The number of rotatable bonds is 7. The van der Waals surface area contributed by atoms with Crippen molar-refractivity contribution in [1.82, 2.24) is 4.90 Å². The molecule has 18 heavy (non-hydrogen) atoms. The van der Waals surface area contributed by atoms with Gasteiger partial charge in [-0.3, -0.25) is 9.69 Å². The summed E-state index contributed by atoms with van der Waals surface area (Å²) < 4.78 is 5.65. The van der Waals surface area contributed by atoms with Gasteiger partial charge in [0, 0.05) is 13.0 Å². The average molecular weight is 253 g/mol. The molecule has 3 heteroatoms. The zero-order valence-corrected chi connectivity index (χ0v) is 11.7. The summed E-state index contributed by atoms with van der Waals surface area (Å²) >= 11 is 0. The molecule has 3 fully saturated rings. The summed E-state index contributed by atoms with van der Waals surface area (Å²) in [6.07, 6.45) is 9.21. The summed E-state index contributed by atoms with van der Waals surface area (Å²) in [7, 11) is 0. The van der Waals surface area contributed by atoms with Gasteiger partial charge in [0.2, 0.25) is 0 Å². The fourth-order valence-electron chi connectivity index (χ4n) is 3.14. The molecule has 3 rings (SSSR count). The molecule has 0 aromatic carbocycles. The highest BCUT2D eigenvalue weighted by atomic mass is 16.5. The van der Waals surface area contributed by atoms with E-state index in [4.69, 9.17) is 4.74 Å². The Labute approximate surface area is 111 Å². The first-order valence-corrected chi connectivity index (χ1v) is 7.71. The third-order valence-corrected chi connectivity index (χ3v) is 4.36. The fourth-order valence-corrected chi connectivity index (χ4v) is 3.14. The van der Waals surface area contributed by atoms with E-state index in [2.05, 4.69) is 11.8 Å². The van der Waals surface area contributed by atoms with Crippen molar-refractivity contribution in [3.63, 3.8) is 0 Å². The maximum absolute atomic E-state index is 11.8. The molecule has 0 aromatic heterocycles. The molecule has 3 saturated heterocycles. The van der Waals surface area contributed by atoms with E-state index in [9.17, 15) is 4.79 Å². The van der Waals surface area contributed by atoms with Gasteiger partial charge in [-0.15, -0.1) is 0 Å². The highest BCUT2D eigenvalue weighted by molar-refractivity contribution is 5.69. The predicted molar refractivity (Wildman–Crippen MR) is 72.4 cm³/mol. The molecule has 0 aliphatic carbocycles. The number of fused-ring (bicyclic) bond motifs is 3. The van der Waals surface area contributed by atoms with Gasteiger partial charge in [-0.05, 0) is 38.3 Å². The molecule has 0 saturated carbocycles. The standard InChI is InChI=1S/C15H27NO2/c1-2-3-4-5-6-7-15(17)18-14-12-16-10-8-13(14)9-11-16/h13-14H,2-12H2,1H3/t14-/m0/s1. The number of esters is 1. The van der Waals surface area contributed by atoms with Crippen molar-refractivity contribution < 1.29 is 9.53 Å². The Morgan fingerprint density at radius 2 is 1.89 bits per heavy atom. The summed E-state index contributed by atoms with van der Waals surface area (Å²) in [6, 6.07) is 0. The van der Waals surface area contributed by atoms with Crippen LogP contribution in [0.5, 0.6) is 0 Å². The van der Waals surface area contributed by atoms with Crippen LogP contribution < -0.4 is 0 Å². The van der Waals surface area contributed by atoms with E-state index in [-0.39, 0.29) is 12.1 Å². The van der Waals surface area contributed by atoms with Crippen molar-refractivity contribution in [2.75, 3.05) is 19.6 Å². The molecule has 0 radical (unpaired) electrons. The van der Waals surface area contributed by atoms with E-state index >= 15 is 0 Å². The van der Waals surface area contributed by atoms with Crippen LogP contribution in [0.1, 0.15) is 58.3 Å². The Balaban J connectivity index is 1.59. The van der Waals surface area contributed by atoms with Crippen molar-refractivity contribution in [1.29, 1.82) is 0 Å². The molecule has 3 aliphatic rings. The molecule has 3 aliphatic heterocycles. The number of carbonyl (C=O) groups excluding carboxylic acids is 1. The Morgan fingerprint density at radius 3 is 2.50 bits per heavy atom. The van der Waals surface area contributed by atoms with Crippen molar-refractivity contribution in [2.24, 2.45) is 5.92 Å². The smallest absolute Gasteiger partial charge is 0.306 e. The minimum Gasteiger partial charge on any atom is -0.461 e. The molecule has 0 aromatic rings. The van der Waals surface area contributed by atoms with Crippen molar-refractivity contribution in [3.8, 4) is 0 Å². The molecule has 0 N–H and O–H groups in total. The highest BCUT2D eigenvalue weighted by Crippen LogP contribution is 2.29.